The maximum Gasteiger partial charge on any atom is 0.125 e. The van der Waals surface area contributed by atoms with Crippen LogP contribution < -0.4 is 5.32 Å². The summed E-state index contributed by atoms with van der Waals surface area (Å²) in [6, 6.07) is 5.16. The van der Waals surface area contributed by atoms with E-state index in [-0.39, 0.29) is 5.82 Å². The lowest BCUT2D eigenvalue weighted by molar-refractivity contribution is 0.399. The molecule has 1 fully saturated rings. The second-order valence-corrected chi connectivity index (χ2v) is 6.36. The fourth-order valence-electron chi connectivity index (χ4n) is 3.36. The molecule has 3 heteroatoms. The molecule has 0 saturated heterocycles. The Morgan fingerprint density at radius 1 is 1.33 bits per heavy atom. The number of fused-ring (bicyclic) bond motifs is 2. The minimum absolute atomic E-state index is 0.194. The van der Waals surface area contributed by atoms with Crippen LogP contribution in [0.15, 0.2) is 34.8 Å². The first-order chi connectivity index (χ1) is 8.63. The largest absolute Gasteiger partial charge is 0.381 e. The lowest BCUT2D eigenvalue weighted by atomic mass is 9.87. The van der Waals surface area contributed by atoms with Crippen LogP contribution in [0.2, 0.25) is 0 Å². The molecule has 0 aromatic heterocycles. The molecule has 0 spiro atoms. The van der Waals surface area contributed by atoms with Crippen LogP contribution in [0.5, 0.6) is 0 Å². The highest BCUT2D eigenvalue weighted by Crippen LogP contribution is 2.45. The molecule has 1 saturated carbocycles. The Morgan fingerprint density at radius 3 is 2.83 bits per heavy atom. The summed E-state index contributed by atoms with van der Waals surface area (Å²) in [6.07, 6.45) is 7.28. The van der Waals surface area contributed by atoms with Crippen LogP contribution in [-0.4, -0.2) is 6.04 Å². The van der Waals surface area contributed by atoms with Gasteiger partial charge >= 0.3 is 0 Å². The van der Waals surface area contributed by atoms with Gasteiger partial charge in [-0.1, -0.05) is 12.2 Å². The van der Waals surface area contributed by atoms with Crippen LogP contribution in [0.1, 0.15) is 19.8 Å². The van der Waals surface area contributed by atoms with Gasteiger partial charge in [-0.05, 0) is 71.6 Å². The summed E-state index contributed by atoms with van der Waals surface area (Å²) >= 11 is 3.47. The van der Waals surface area contributed by atoms with Gasteiger partial charge in [-0.25, -0.2) is 4.39 Å². The smallest absolute Gasteiger partial charge is 0.125 e. The van der Waals surface area contributed by atoms with Crippen molar-refractivity contribution in [2.24, 2.45) is 17.8 Å². The molecular weight excluding hydrogens is 293 g/mol. The van der Waals surface area contributed by atoms with E-state index in [1.54, 1.807) is 12.1 Å². The van der Waals surface area contributed by atoms with Gasteiger partial charge in [-0.15, -0.1) is 0 Å². The van der Waals surface area contributed by atoms with Crippen LogP contribution in [0, 0.1) is 23.6 Å². The molecule has 0 aliphatic heterocycles. The van der Waals surface area contributed by atoms with E-state index in [1.807, 2.05) is 0 Å². The van der Waals surface area contributed by atoms with Gasteiger partial charge in [0.1, 0.15) is 5.82 Å². The zero-order valence-electron chi connectivity index (χ0n) is 10.4. The van der Waals surface area contributed by atoms with Gasteiger partial charge in [0.05, 0.1) is 5.69 Å². The number of anilines is 1. The highest BCUT2D eigenvalue weighted by molar-refractivity contribution is 9.10. The van der Waals surface area contributed by atoms with Crippen LogP contribution in [0.3, 0.4) is 0 Å². The van der Waals surface area contributed by atoms with E-state index in [2.05, 4.69) is 40.3 Å². The van der Waals surface area contributed by atoms with E-state index in [0.29, 0.717) is 17.9 Å². The molecule has 1 nitrogen and oxygen atoms in total. The Bertz CT molecular complexity index is 485. The maximum atomic E-state index is 13.3. The predicted molar refractivity (Wildman–Crippen MR) is 76.0 cm³/mol. The molecule has 4 atom stereocenters. The Labute approximate surface area is 116 Å². The number of nitrogens with one attached hydrogen (secondary N) is 1. The molecule has 1 N–H and O–H groups in total. The highest BCUT2D eigenvalue weighted by Gasteiger charge is 2.38. The number of hydrogen-bond acceptors (Lipinski definition) is 1. The fraction of sp³-hybridized carbons (Fsp3) is 0.467. The summed E-state index contributed by atoms with van der Waals surface area (Å²) in [5, 5.41) is 3.46. The summed E-state index contributed by atoms with van der Waals surface area (Å²) in [4.78, 5) is 0. The van der Waals surface area contributed by atoms with Gasteiger partial charge in [0.25, 0.3) is 0 Å². The molecule has 2 bridgehead atoms. The zero-order chi connectivity index (χ0) is 12.7. The van der Waals surface area contributed by atoms with Crippen molar-refractivity contribution in [1.29, 1.82) is 0 Å². The van der Waals surface area contributed by atoms with Crippen molar-refractivity contribution in [3.05, 3.63) is 40.6 Å². The zero-order valence-corrected chi connectivity index (χ0v) is 12.0. The van der Waals surface area contributed by atoms with Crippen molar-refractivity contribution in [1.82, 2.24) is 0 Å². The van der Waals surface area contributed by atoms with Crippen LogP contribution in [0.4, 0.5) is 10.1 Å². The standard InChI is InChI=1S/C15H17BrFN/c1-9(13-7-10-2-3-11(13)6-10)18-15-8-12(17)4-5-14(15)16/h2-5,8-11,13,18H,6-7H2,1H3. The third-order valence-electron chi connectivity index (χ3n) is 4.28. The number of rotatable bonds is 3. The molecule has 96 valence electrons. The van der Waals surface area contributed by atoms with Crippen LogP contribution in [0.25, 0.3) is 0 Å². The van der Waals surface area contributed by atoms with Crippen molar-refractivity contribution in [2.75, 3.05) is 5.32 Å². The van der Waals surface area contributed by atoms with Crippen molar-refractivity contribution < 1.29 is 4.39 Å². The lowest BCUT2D eigenvalue weighted by Crippen LogP contribution is -2.29. The van der Waals surface area contributed by atoms with E-state index < -0.39 is 0 Å². The number of benzene rings is 1. The van der Waals surface area contributed by atoms with E-state index in [0.717, 1.165) is 16.1 Å². The summed E-state index contributed by atoms with van der Waals surface area (Å²) in [7, 11) is 0. The molecule has 1 aromatic rings. The minimum Gasteiger partial charge on any atom is -0.381 e. The van der Waals surface area contributed by atoms with Crippen molar-refractivity contribution >= 4 is 21.6 Å². The average molecular weight is 310 g/mol. The van der Waals surface area contributed by atoms with E-state index in [1.165, 1.54) is 18.9 Å². The Morgan fingerprint density at radius 2 is 2.17 bits per heavy atom. The normalized spacial score (nSPS) is 30.7. The van der Waals surface area contributed by atoms with Gasteiger partial charge in [0.15, 0.2) is 0 Å². The van der Waals surface area contributed by atoms with E-state index >= 15 is 0 Å². The molecule has 3 rings (SSSR count). The SMILES string of the molecule is CC(Nc1cc(F)ccc1Br)C1CC2C=CC1C2. The number of allylic oxidation sites excluding steroid dienone is 2. The third-order valence-corrected chi connectivity index (χ3v) is 4.98. The monoisotopic (exact) mass is 309 g/mol. The number of hydrogen-bond donors (Lipinski definition) is 1. The third kappa shape index (κ3) is 2.20. The first kappa shape index (κ1) is 12.2. The van der Waals surface area contributed by atoms with E-state index in [4.69, 9.17) is 0 Å². The summed E-state index contributed by atoms with van der Waals surface area (Å²) in [6.45, 7) is 2.20. The maximum absolute atomic E-state index is 13.3. The Hall–Kier alpha value is -0.830. The van der Waals surface area contributed by atoms with Crippen molar-refractivity contribution in [2.45, 2.75) is 25.8 Å². The topological polar surface area (TPSA) is 12.0 Å². The quantitative estimate of drug-likeness (QED) is 0.805. The number of halogens is 2. The molecule has 0 radical (unpaired) electrons. The predicted octanol–water partition coefficient (Wildman–Crippen LogP) is 4.60. The molecule has 2 aliphatic carbocycles. The molecule has 4 unspecified atom stereocenters. The van der Waals surface area contributed by atoms with Gasteiger partial charge in [0.2, 0.25) is 0 Å². The first-order valence-corrected chi connectivity index (χ1v) is 7.32. The average Bonchev–Trinajstić information content (AvgIpc) is 2.96. The van der Waals surface area contributed by atoms with E-state index in [9.17, 15) is 4.39 Å². The first-order valence-electron chi connectivity index (χ1n) is 6.53. The van der Waals surface area contributed by atoms with Gasteiger partial charge in [0, 0.05) is 10.5 Å². The molecule has 2 aliphatic rings. The minimum atomic E-state index is -0.194. The molecule has 0 heterocycles. The molecule has 18 heavy (non-hydrogen) atoms. The second-order valence-electron chi connectivity index (χ2n) is 5.50. The van der Waals surface area contributed by atoms with Crippen LogP contribution in [-0.2, 0) is 0 Å². The van der Waals surface area contributed by atoms with Crippen LogP contribution >= 0.6 is 15.9 Å². The molecular formula is C15H17BrFN. The van der Waals surface area contributed by atoms with Gasteiger partial charge in [-0.3, -0.25) is 0 Å². The van der Waals surface area contributed by atoms with Gasteiger partial charge in [-0.2, -0.15) is 0 Å². The second kappa shape index (κ2) is 4.69. The Balaban J connectivity index is 1.72. The Kier molecular flexibility index (Phi) is 3.18. The fourth-order valence-corrected chi connectivity index (χ4v) is 3.72. The summed E-state index contributed by atoms with van der Waals surface area (Å²) in [5.74, 6) is 1.97. The molecule has 1 aromatic carbocycles. The summed E-state index contributed by atoms with van der Waals surface area (Å²) < 4.78 is 14.2. The van der Waals surface area contributed by atoms with Crippen molar-refractivity contribution in [3.8, 4) is 0 Å². The van der Waals surface area contributed by atoms with Gasteiger partial charge < -0.3 is 5.32 Å². The highest BCUT2D eigenvalue weighted by atomic mass is 79.9. The lowest BCUT2D eigenvalue weighted by Gasteiger charge is -2.27. The summed E-state index contributed by atoms with van der Waals surface area (Å²) in [5.41, 5.74) is 0.856. The molecule has 0 amide bonds. The van der Waals surface area contributed by atoms with Crippen molar-refractivity contribution in [3.63, 3.8) is 0 Å².